The van der Waals surface area contributed by atoms with E-state index in [9.17, 15) is 0 Å². The molecule has 0 aromatic heterocycles. The summed E-state index contributed by atoms with van der Waals surface area (Å²) in [5.41, 5.74) is 1.37. The maximum Gasteiger partial charge on any atom is 0.231 e. The fourth-order valence-electron chi connectivity index (χ4n) is 3.26. The van der Waals surface area contributed by atoms with Crippen LogP contribution in [-0.2, 0) is 0 Å². The van der Waals surface area contributed by atoms with Gasteiger partial charge in [0.15, 0.2) is 11.5 Å². The van der Waals surface area contributed by atoms with Crippen molar-refractivity contribution in [1.82, 2.24) is 10.2 Å². The van der Waals surface area contributed by atoms with Gasteiger partial charge in [-0.1, -0.05) is 25.8 Å². The Kier molecular flexibility index (Phi) is 4.99. The molecule has 2 heterocycles. The molecule has 3 rings (SSSR count). The van der Waals surface area contributed by atoms with Crippen molar-refractivity contribution in [2.45, 2.75) is 38.6 Å². The summed E-state index contributed by atoms with van der Waals surface area (Å²) < 4.78 is 11.0. The van der Waals surface area contributed by atoms with Crippen LogP contribution in [0.25, 0.3) is 0 Å². The molecule has 4 heteroatoms. The molecule has 0 amide bonds. The number of fused-ring (bicyclic) bond motifs is 1. The van der Waals surface area contributed by atoms with Crippen molar-refractivity contribution >= 4 is 0 Å². The number of rotatable bonds is 5. The molecule has 116 valence electrons. The zero-order chi connectivity index (χ0) is 14.5. The highest BCUT2D eigenvalue weighted by Gasteiger charge is 2.23. The summed E-state index contributed by atoms with van der Waals surface area (Å²) in [5, 5.41) is 3.49. The monoisotopic (exact) mass is 290 g/mol. The molecular formula is C17H26N2O2. The zero-order valence-electron chi connectivity index (χ0n) is 12.9. The van der Waals surface area contributed by atoms with Crippen molar-refractivity contribution in [1.29, 1.82) is 0 Å². The van der Waals surface area contributed by atoms with Crippen LogP contribution in [-0.4, -0.2) is 37.9 Å². The Morgan fingerprint density at radius 2 is 2.10 bits per heavy atom. The molecule has 0 spiro atoms. The highest BCUT2D eigenvalue weighted by Crippen LogP contribution is 2.37. The first-order valence-corrected chi connectivity index (χ1v) is 8.23. The molecular weight excluding hydrogens is 264 g/mol. The van der Waals surface area contributed by atoms with Crippen LogP contribution >= 0.6 is 0 Å². The van der Waals surface area contributed by atoms with Gasteiger partial charge < -0.3 is 14.8 Å². The molecule has 1 atom stereocenters. The Morgan fingerprint density at radius 3 is 3.00 bits per heavy atom. The van der Waals surface area contributed by atoms with Crippen molar-refractivity contribution in [3.63, 3.8) is 0 Å². The number of hydrogen-bond donors (Lipinski definition) is 1. The van der Waals surface area contributed by atoms with Crippen molar-refractivity contribution in [2.75, 3.05) is 33.0 Å². The van der Waals surface area contributed by atoms with Gasteiger partial charge in [0.2, 0.25) is 6.79 Å². The highest BCUT2D eigenvalue weighted by molar-refractivity contribution is 5.45. The third-order valence-corrected chi connectivity index (χ3v) is 4.43. The van der Waals surface area contributed by atoms with Gasteiger partial charge >= 0.3 is 0 Å². The largest absolute Gasteiger partial charge is 0.454 e. The van der Waals surface area contributed by atoms with Gasteiger partial charge in [-0.15, -0.1) is 0 Å². The molecule has 0 bridgehead atoms. The average Bonchev–Trinajstić information content (AvgIpc) is 2.81. The van der Waals surface area contributed by atoms with Gasteiger partial charge in [0.25, 0.3) is 0 Å². The maximum atomic E-state index is 5.55. The lowest BCUT2D eigenvalue weighted by molar-refractivity contribution is 0.173. The Bertz CT molecular complexity index is 456. The minimum Gasteiger partial charge on any atom is -0.454 e. The van der Waals surface area contributed by atoms with Crippen molar-refractivity contribution < 1.29 is 9.47 Å². The minimum absolute atomic E-state index is 0.353. The zero-order valence-corrected chi connectivity index (χ0v) is 12.9. The second-order valence-electron chi connectivity index (χ2n) is 5.91. The van der Waals surface area contributed by atoms with Gasteiger partial charge in [-0.3, -0.25) is 4.90 Å². The fraction of sp³-hybridized carbons (Fsp3) is 0.647. The number of nitrogens with zero attached hydrogens (tertiary/aromatic N) is 1. The number of benzene rings is 1. The van der Waals surface area contributed by atoms with Gasteiger partial charge in [0.1, 0.15) is 0 Å². The number of hydrogen-bond acceptors (Lipinski definition) is 4. The van der Waals surface area contributed by atoms with E-state index in [4.69, 9.17) is 9.47 Å². The molecule has 0 radical (unpaired) electrons. The molecule has 2 aliphatic rings. The van der Waals surface area contributed by atoms with Crippen LogP contribution in [0, 0.1) is 0 Å². The van der Waals surface area contributed by atoms with E-state index in [0.717, 1.165) is 31.1 Å². The van der Waals surface area contributed by atoms with E-state index >= 15 is 0 Å². The van der Waals surface area contributed by atoms with Gasteiger partial charge in [-0.05, 0) is 37.1 Å². The molecule has 21 heavy (non-hydrogen) atoms. The summed E-state index contributed by atoms with van der Waals surface area (Å²) in [5.74, 6) is 1.78. The first kappa shape index (κ1) is 14.7. The Labute approximate surface area is 127 Å². The lowest BCUT2D eigenvalue weighted by atomic mass is 9.98. The number of unbranched alkanes of at least 4 members (excludes halogenated alkanes) is 1. The summed E-state index contributed by atoms with van der Waals surface area (Å²) in [4.78, 5) is 2.63. The predicted octanol–water partition coefficient (Wildman–Crippen LogP) is 2.94. The van der Waals surface area contributed by atoms with E-state index in [2.05, 4.69) is 35.3 Å². The Hall–Kier alpha value is -1.26. The van der Waals surface area contributed by atoms with Crippen LogP contribution in [0.3, 0.4) is 0 Å². The summed E-state index contributed by atoms with van der Waals surface area (Å²) in [7, 11) is 0. The van der Waals surface area contributed by atoms with Gasteiger partial charge in [0, 0.05) is 25.7 Å². The Balaban J connectivity index is 1.80. The second kappa shape index (κ2) is 7.14. The Morgan fingerprint density at radius 1 is 1.19 bits per heavy atom. The lowest BCUT2D eigenvalue weighted by Gasteiger charge is -2.31. The van der Waals surface area contributed by atoms with Crippen LogP contribution in [0.15, 0.2) is 18.2 Å². The smallest absolute Gasteiger partial charge is 0.231 e. The average molecular weight is 290 g/mol. The second-order valence-corrected chi connectivity index (χ2v) is 5.91. The molecule has 0 aliphatic carbocycles. The molecule has 4 nitrogen and oxygen atoms in total. The standard InChI is InChI=1S/C17H26N2O2/c1-2-3-5-15(19-10-4-8-18-9-11-19)14-6-7-16-17(12-14)21-13-20-16/h6-7,12,15,18H,2-5,8-11,13H2,1H3. The van der Waals surface area contributed by atoms with Crippen LogP contribution < -0.4 is 14.8 Å². The maximum absolute atomic E-state index is 5.55. The van der Waals surface area contributed by atoms with Gasteiger partial charge in [-0.25, -0.2) is 0 Å². The van der Waals surface area contributed by atoms with E-state index in [1.807, 2.05) is 0 Å². The summed E-state index contributed by atoms with van der Waals surface area (Å²) >= 11 is 0. The predicted molar refractivity (Wildman–Crippen MR) is 83.9 cm³/mol. The molecule has 1 aromatic carbocycles. The van der Waals surface area contributed by atoms with E-state index in [1.54, 1.807) is 0 Å². The highest BCUT2D eigenvalue weighted by atomic mass is 16.7. The van der Waals surface area contributed by atoms with Crippen LogP contribution in [0.5, 0.6) is 11.5 Å². The molecule has 0 saturated carbocycles. The van der Waals surface area contributed by atoms with Gasteiger partial charge in [0.05, 0.1) is 0 Å². The minimum atomic E-state index is 0.353. The van der Waals surface area contributed by atoms with E-state index in [-0.39, 0.29) is 0 Å². The molecule has 2 aliphatic heterocycles. The normalized spacial score (nSPS) is 20.2. The van der Waals surface area contributed by atoms with Crippen LogP contribution in [0.4, 0.5) is 0 Å². The third-order valence-electron chi connectivity index (χ3n) is 4.43. The SMILES string of the molecule is CCCCC(c1ccc2c(c1)OCO2)N1CCCNCC1. The first-order valence-electron chi connectivity index (χ1n) is 8.23. The van der Waals surface area contributed by atoms with Crippen molar-refractivity contribution in [2.24, 2.45) is 0 Å². The summed E-state index contributed by atoms with van der Waals surface area (Å²) in [6, 6.07) is 6.96. The lowest BCUT2D eigenvalue weighted by Crippen LogP contribution is -2.32. The van der Waals surface area contributed by atoms with Crippen molar-refractivity contribution in [3.8, 4) is 11.5 Å². The molecule has 1 N–H and O–H groups in total. The first-order chi connectivity index (χ1) is 10.4. The van der Waals surface area contributed by atoms with E-state index in [1.165, 1.54) is 37.8 Å². The topological polar surface area (TPSA) is 33.7 Å². The van der Waals surface area contributed by atoms with E-state index < -0.39 is 0 Å². The molecule has 1 unspecified atom stereocenters. The fourth-order valence-corrected chi connectivity index (χ4v) is 3.26. The molecule has 1 fully saturated rings. The van der Waals surface area contributed by atoms with Crippen LogP contribution in [0.2, 0.25) is 0 Å². The van der Waals surface area contributed by atoms with Crippen molar-refractivity contribution in [3.05, 3.63) is 23.8 Å². The number of ether oxygens (including phenoxy) is 2. The van der Waals surface area contributed by atoms with Crippen LogP contribution in [0.1, 0.15) is 44.2 Å². The summed E-state index contributed by atoms with van der Waals surface area (Å²) in [6.45, 7) is 7.15. The quantitative estimate of drug-likeness (QED) is 0.904. The summed E-state index contributed by atoms with van der Waals surface area (Å²) in [6.07, 6.45) is 4.96. The molecule has 1 saturated heterocycles. The molecule has 1 aromatic rings. The number of nitrogens with one attached hydrogen (secondary N) is 1. The third kappa shape index (κ3) is 3.50. The van der Waals surface area contributed by atoms with E-state index in [0.29, 0.717) is 12.8 Å². The van der Waals surface area contributed by atoms with Gasteiger partial charge in [-0.2, -0.15) is 0 Å².